The van der Waals surface area contributed by atoms with E-state index in [1.807, 2.05) is 19.1 Å². The summed E-state index contributed by atoms with van der Waals surface area (Å²) < 4.78 is 26.3. The minimum Gasteiger partial charge on any atom is -0.463 e. The predicted octanol–water partition coefficient (Wildman–Crippen LogP) is 5.26. The molecule has 0 saturated carbocycles. The average molecular weight is 398 g/mol. The van der Waals surface area contributed by atoms with Crippen LogP contribution in [0.3, 0.4) is 0 Å². The number of ether oxygens (including phenoxy) is 2. The maximum absolute atomic E-state index is 14.8. The summed E-state index contributed by atoms with van der Waals surface area (Å²) in [5.41, 5.74) is 2.19. The van der Waals surface area contributed by atoms with Crippen LogP contribution in [0.1, 0.15) is 17.5 Å². The normalized spacial score (nSPS) is 10.8. The van der Waals surface area contributed by atoms with Crippen LogP contribution in [-0.2, 0) is 20.7 Å². The zero-order valence-electron chi connectivity index (χ0n) is 15.4. The fraction of sp³-hybridized carbons (Fsp3) is 0.182. The Hall–Kier alpha value is -2.99. The molecule has 0 radical (unpaired) electrons. The molecule has 144 valence electrons. The summed E-state index contributed by atoms with van der Waals surface area (Å²) >= 11 is 1.33. The minimum atomic E-state index is -0.699. The summed E-state index contributed by atoms with van der Waals surface area (Å²) in [6, 6.07) is 7.21. The smallest absolute Gasteiger partial charge is 0.335 e. The Morgan fingerprint density at radius 3 is 2.46 bits per heavy atom. The second-order valence-electron chi connectivity index (χ2n) is 6.18. The number of carbonyl (C=O) groups is 2. The fourth-order valence-corrected chi connectivity index (χ4v) is 4.28. The Bertz CT molecular complexity index is 1100. The first-order valence-corrected chi connectivity index (χ1v) is 9.54. The molecule has 3 rings (SSSR count). The van der Waals surface area contributed by atoms with E-state index in [1.165, 1.54) is 17.4 Å². The largest absolute Gasteiger partial charge is 0.463 e. The number of carbonyl (C=O) groups excluding carboxylic acids is 2. The van der Waals surface area contributed by atoms with Crippen molar-refractivity contribution >= 4 is 43.4 Å². The van der Waals surface area contributed by atoms with E-state index in [4.69, 9.17) is 9.47 Å². The highest BCUT2D eigenvalue weighted by molar-refractivity contribution is 7.26. The van der Waals surface area contributed by atoms with Crippen molar-refractivity contribution in [3.63, 3.8) is 0 Å². The van der Waals surface area contributed by atoms with Gasteiger partial charge >= 0.3 is 11.9 Å². The van der Waals surface area contributed by atoms with Gasteiger partial charge in [0.15, 0.2) is 11.6 Å². The molecule has 0 bridgehead atoms. The monoisotopic (exact) mass is 398 g/mol. The Labute approximate surface area is 165 Å². The van der Waals surface area contributed by atoms with Gasteiger partial charge in [0.25, 0.3) is 0 Å². The number of aryl methyl sites for hydroxylation is 2. The van der Waals surface area contributed by atoms with Gasteiger partial charge in [0.05, 0.1) is 11.3 Å². The average Bonchev–Trinajstić information content (AvgIpc) is 3.08. The first kappa shape index (κ1) is 19.8. The highest BCUT2D eigenvalue weighted by atomic mass is 32.1. The van der Waals surface area contributed by atoms with Gasteiger partial charge < -0.3 is 9.47 Å². The third kappa shape index (κ3) is 3.82. The second-order valence-corrected chi connectivity index (χ2v) is 7.20. The number of esters is 2. The molecule has 1 aromatic heterocycles. The van der Waals surface area contributed by atoms with E-state index in [0.717, 1.165) is 45.2 Å². The summed E-state index contributed by atoms with van der Waals surface area (Å²) in [4.78, 5) is 22.5. The molecule has 0 unspecified atom stereocenters. The SMILES string of the molecule is C=CC(=O)OCCCc1ccc2c(sc3c(F)c(OC(=O)C=C)ccc32)c1C. The Morgan fingerprint density at radius 1 is 1.07 bits per heavy atom. The van der Waals surface area contributed by atoms with Crippen molar-refractivity contribution in [1.82, 2.24) is 0 Å². The van der Waals surface area contributed by atoms with Crippen LogP contribution >= 0.6 is 11.3 Å². The van der Waals surface area contributed by atoms with Crippen molar-refractivity contribution in [1.29, 1.82) is 0 Å². The van der Waals surface area contributed by atoms with Crippen LogP contribution in [0.15, 0.2) is 49.6 Å². The molecule has 0 N–H and O–H groups in total. The van der Waals surface area contributed by atoms with Gasteiger partial charge in [0, 0.05) is 27.6 Å². The summed E-state index contributed by atoms with van der Waals surface area (Å²) in [6.07, 6.45) is 3.57. The highest BCUT2D eigenvalue weighted by Crippen LogP contribution is 2.40. The molecule has 0 saturated heterocycles. The predicted molar refractivity (Wildman–Crippen MR) is 109 cm³/mol. The lowest BCUT2D eigenvalue weighted by Crippen LogP contribution is -2.04. The molecule has 1 heterocycles. The van der Waals surface area contributed by atoms with Gasteiger partial charge in [0.2, 0.25) is 0 Å². The molecule has 0 aliphatic heterocycles. The van der Waals surface area contributed by atoms with E-state index in [-0.39, 0.29) is 5.75 Å². The number of thiophene rings is 1. The van der Waals surface area contributed by atoms with Crippen LogP contribution in [0.4, 0.5) is 4.39 Å². The Kier molecular flexibility index (Phi) is 5.90. The first-order valence-electron chi connectivity index (χ1n) is 8.73. The number of benzene rings is 2. The zero-order chi connectivity index (χ0) is 20.3. The lowest BCUT2D eigenvalue weighted by atomic mass is 10.0. The van der Waals surface area contributed by atoms with Crippen LogP contribution in [-0.4, -0.2) is 18.5 Å². The van der Waals surface area contributed by atoms with E-state index in [1.54, 1.807) is 6.07 Å². The number of hydrogen-bond donors (Lipinski definition) is 0. The molecule has 6 heteroatoms. The van der Waals surface area contributed by atoms with Crippen LogP contribution in [0.25, 0.3) is 20.2 Å². The third-order valence-electron chi connectivity index (χ3n) is 4.45. The van der Waals surface area contributed by atoms with Crippen LogP contribution in [0, 0.1) is 12.7 Å². The number of rotatable bonds is 7. The quantitative estimate of drug-likeness (QED) is 0.236. The summed E-state index contributed by atoms with van der Waals surface area (Å²) in [5.74, 6) is -1.79. The van der Waals surface area contributed by atoms with Gasteiger partial charge in [-0.25, -0.2) is 14.0 Å². The van der Waals surface area contributed by atoms with E-state index < -0.39 is 17.8 Å². The van der Waals surface area contributed by atoms with Crippen molar-refractivity contribution in [2.45, 2.75) is 19.8 Å². The van der Waals surface area contributed by atoms with Crippen molar-refractivity contribution in [2.75, 3.05) is 6.61 Å². The van der Waals surface area contributed by atoms with Crippen LogP contribution < -0.4 is 4.74 Å². The van der Waals surface area contributed by atoms with Crippen LogP contribution in [0.5, 0.6) is 5.75 Å². The lowest BCUT2D eigenvalue weighted by Gasteiger charge is -2.07. The van der Waals surface area contributed by atoms with Crippen LogP contribution in [0.2, 0.25) is 0 Å². The van der Waals surface area contributed by atoms with Gasteiger partial charge in [-0.1, -0.05) is 25.3 Å². The Morgan fingerprint density at radius 2 is 1.75 bits per heavy atom. The number of fused-ring (bicyclic) bond motifs is 3. The molecule has 2 aromatic carbocycles. The molecule has 0 aliphatic carbocycles. The second kappa shape index (κ2) is 8.35. The topological polar surface area (TPSA) is 52.6 Å². The van der Waals surface area contributed by atoms with E-state index in [9.17, 15) is 14.0 Å². The molecule has 0 amide bonds. The van der Waals surface area contributed by atoms with Gasteiger partial charge in [-0.3, -0.25) is 0 Å². The van der Waals surface area contributed by atoms with E-state index in [0.29, 0.717) is 17.7 Å². The zero-order valence-corrected chi connectivity index (χ0v) is 16.2. The van der Waals surface area contributed by atoms with E-state index >= 15 is 0 Å². The molecule has 0 fully saturated rings. The van der Waals surface area contributed by atoms with Gasteiger partial charge in [-0.05, 0) is 43.0 Å². The molecule has 4 nitrogen and oxygen atoms in total. The summed E-state index contributed by atoms with van der Waals surface area (Å²) in [5, 5.41) is 1.74. The molecule has 28 heavy (non-hydrogen) atoms. The summed E-state index contributed by atoms with van der Waals surface area (Å²) in [7, 11) is 0. The standard InChI is InChI=1S/C22H19FO4S/c1-4-18(24)26-12-6-7-14-8-9-15-16-10-11-17(27-19(25)5-2)20(23)22(16)28-21(15)13(14)3/h4-5,8-11H,1-2,6-7,12H2,3H3. The number of hydrogen-bond acceptors (Lipinski definition) is 5. The van der Waals surface area contributed by atoms with Crippen molar-refractivity contribution in [3.05, 3.63) is 66.5 Å². The molecule has 0 spiro atoms. The first-order chi connectivity index (χ1) is 13.5. The molecule has 3 aromatic rings. The maximum Gasteiger partial charge on any atom is 0.335 e. The minimum absolute atomic E-state index is 0.106. The lowest BCUT2D eigenvalue weighted by molar-refractivity contribution is -0.137. The van der Waals surface area contributed by atoms with E-state index in [2.05, 4.69) is 13.2 Å². The fourth-order valence-electron chi connectivity index (χ4n) is 3.02. The van der Waals surface area contributed by atoms with Gasteiger partial charge in [-0.15, -0.1) is 11.3 Å². The molecular weight excluding hydrogens is 379 g/mol. The van der Waals surface area contributed by atoms with Crippen molar-refractivity contribution < 1.29 is 23.5 Å². The molecule has 0 atom stereocenters. The third-order valence-corrected chi connectivity index (χ3v) is 5.79. The Balaban J connectivity index is 1.91. The van der Waals surface area contributed by atoms with Gasteiger partial charge in [0.1, 0.15) is 0 Å². The number of halogens is 1. The maximum atomic E-state index is 14.8. The summed E-state index contributed by atoms with van der Waals surface area (Å²) in [6.45, 7) is 9.01. The molecular formula is C22H19FO4S. The van der Waals surface area contributed by atoms with Gasteiger partial charge in [-0.2, -0.15) is 0 Å². The van der Waals surface area contributed by atoms with Crippen molar-refractivity contribution in [2.24, 2.45) is 0 Å². The molecule has 0 aliphatic rings. The highest BCUT2D eigenvalue weighted by Gasteiger charge is 2.17. The van der Waals surface area contributed by atoms with Crippen molar-refractivity contribution in [3.8, 4) is 5.75 Å².